The van der Waals surface area contributed by atoms with Crippen LogP contribution in [0.1, 0.15) is 22.3 Å². The summed E-state index contributed by atoms with van der Waals surface area (Å²) in [6, 6.07) is 26.1. The molecule has 3 aromatic rings. The van der Waals surface area contributed by atoms with Gasteiger partial charge in [-0.05, 0) is 0 Å². The zero-order valence-corrected chi connectivity index (χ0v) is 22.3. The summed E-state index contributed by atoms with van der Waals surface area (Å²) < 4.78 is 15.0. The molecule has 0 atom stereocenters. The van der Waals surface area contributed by atoms with E-state index >= 15 is 0 Å². The Hall–Kier alpha value is -1.89. The van der Waals surface area contributed by atoms with Crippen molar-refractivity contribution in [2.75, 3.05) is 14.2 Å². The quantitative estimate of drug-likeness (QED) is 0.330. The molecule has 0 amide bonds. The summed E-state index contributed by atoms with van der Waals surface area (Å²) in [5, 5.41) is 0. The van der Waals surface area contributed by atoms with Crippen LogP contribution in [0.4, 0.5) is 0 Å². The Morgan fingerprint density at radius 3 is 1.97 bits per heavy atom. The number of halogens is 2. The van der Waals surface area contributed by atoms with Gasteiger partial charge in [-0.15, -0.1) is 0 Å². The van der Waals surface area contributed by atoms with Crippen molar-refractivity contribution in [1.82, 2.24) is 0 Å². The monoisotopic (exact) mass is 595 g/mol. The summed E-state index contributed by atoms with van der Waals surface area (Å²) in [4.78, 5) is 0. The first-order valence-corrected chi connectivity index (χ1v) is 13.6. The van der Waals surface area contributed by atoms with Crippen LogP contribution in [0.15, 0.2) is 93.5 Å². The summed E-state index contributed by atoms with van der Waals surface area (Å²) in [5.41, 5.74) is 5.96. The molecule has 0 aromatic heterocycles. The number of ether oxygens (including phenoxy) is 2. The third kappa shape index (κ3) is 3.14. The normalized spacial score (nSPS) is 16.3. The fourth-order valence-electron chi connectivity index (χ4n) is 4.68. The van der Waals surface area contributed by atoms with Gasteiger partial charge in [-0.25, -0.2) is 0 Å². The Morgan fingerprint density at radius 2 is 1.42 bits per heavy atom. The van der Waals surface area contributed by atoms with Crippen molar-refractivity contribution in [2.45, 2.75) is 5.41 Å². The number of allylic oxidation sites excluding steroid dienone is 4. The van der Waals surface area contributed by atoms with E-state index in [1.165, 1.54) is 35.5 Å². The van der Waals surface area contributed by atoms with Crippen LogP contribution in [0.3, 0.4) is 0 Å². The van der Waals surface area contributed by atoms with Crippen LogP contribution in [0, 0.1) is 0 Å². The molecule has 1 radical (unpaired) electrons. The van der Waals surface area contributed by atoms with Crippen LogP contribution >= 0.6 is 31.9 Å². The summed E-state index contributed by atoms with van der Waals surface area (Å²) in [7, 11) is 3.46. The summed E-state index contributed by atoms with van der Waals surface area (Å²) in [5.74, 6) is 1.76. The maximum atomic E-state index is 5.72. The van der Waals surface area contributed by atoms with Crippen LogP contribution < -0.4 is 4.74 Å². The van der Waals surface area contributed by atoms with Gasteiger partial charge in [-0.1, -0.05) is 0 Å². The SMILES string of the molecule is COC1=CC2=[C]([Ge]=[C]1Br)C(c1ccccc1)(c1ccccc1)c1cc(Br)c(OC)cc12. The molecule has 2 nitrogen and oxygen atoms in total. The van der Waals surface area contributed by atoms with Crippen LogP contribution in [-0.2, 0) is 10.2 Å². The average molecular weight is 596 g/mol. The fraction of sp³-hybridized carbons (Fsp3) is 0.115. The molecular weight excluding hydrogens is 577 g/mol. The van der Waals surface area contributed by atoms with Gasteiger partial charge in [-0.2, -0.15) is 0 Å². The molecule has 5 rings (SSSR count). The van der Waals surface area contributed by atoms with Crippen molar-refractivity contribution in [3.05, 3.63) is 116 Å². The number of methoxy groups -OCH3 is 2. The predicted molar refractivity (Wildman–Crippen MR) is 135 cm³/mol. The van der Waals surface area contributed by atoms with Crippen molar-refractivity contribution in [2.24, 2.45) is 0 Å². The molecule has 1 heterocycles. The van der Waals surface area contributed by atoms with Gasteiger partial charge in [0.2, 0.25) is 0 Å². The molecule has 1 aliphatic carbocycles. The minimum absolute atomic E-state index is 0.350. The maximum absolute atomic E-state index is 5.72. The number of rotatable bonds is 4. The first kappa shape index (κ1) is 21.0. The Balaban J connectivity index is 1.97. The van der Waals surface area contributed by atoms with Crippen molar-refractivity contribution < 1.29 is 9.47 Å². The molecular formula is C26H19Br2GeO2. The Bertz CT molecular complexity index is 1220. The molecule has 1 aliphatic heterocycles. The summed E-state index contributed by atoms with van der Waals surface area (Å²) >= 11 is 6.94. The Kier molecular flexibility index (Phi) is 5.57. The first-order chi connectivity index (χ1) is 15.1. The molecule has 0 bridgehead atoms. The standard InChI is InChI=1S/C26H19Br2GeO2/c1-30-22-13-18-19-14-23(31-2)25(28)29-24(19)26(20(18)15-21(22)27,16-9-5-3-6-10-16)17-11-7-4-8-12-17/h3-15H,1-2H3. The van der Waals surface area contributed by atoms with Crippen LogP contribution in [0.5, 0.6) is 5.75 Å². The van der Waals surface area contributed by atoms with E-state index in [9.17, 15) is 0 Å². The van der Waals surface area contributed by atoms with Gasteiger partial charge in [0, 0.05) is 0 Å². The van der Waals surface area contributed by atoms with E-state index in [4.69, 9.17) is 9.47 Å². The van der Waals surface area contributed by atoms with E-state index < -0.39 is 15.0 Å². The van der Waals surface area contributed by atoms with Crippen molar-refractivity contribution in [3.63, 3.8) is 0 Å². The van der Waals surface area contributed by atoms with Gasteiger partial charge in [-0.3, -0.25) is 0 Å². The molecule has 0 fully saturated rings. The molecule has 0 spiro atoms. The minimum atomic E-state index is -0.660. The molecule has 0 N–H and O–H groups in total. The van der Waals surface area contributed by atoms with Crippen molar-refractivity contribution >= 4 is 55.7 Å². The van der Waals surface area contributed by atoms with E-state index in [1.54, 1.807) is 14.2 Å². The van der Waals surface area contributed by atoms with Crippen LogP contribution in [0.25, 0.3) is 5.57 Å². The molecule has 0 saturated carbocycles. The molecule has 31 heavy (non-hydrogen) atoms. The second-order valence-electron chi connectivity index (χ2n) is 7.45. The van der Waals surface area contributed by atoms with Gasteiger partial charge >= 0.3 is 206 Å². The number of benzene rings is 3. The van der Waals surface area contributed by atoms with Gasteiger partial charge in [0.25, 0.3) is 0 Å². The summed E-state index contributed by atoms with van der Waals surface area (Å²) in [6.45, 7) is 0. The topological polar surface area (TPSA) is 18.5 Å². The van der Waals surface area contributed by atoms with E-state index in [0.29, 0.717) is 0 Å². The zero-order valence-electron chi connectivity index (χ0n) is 17.1. The van der Waals surface area contributed by atoms with Gasteiger partial charge < -0.3 is 0 Å². The van der Waals surface area contributed by atoms with Gasteiger partial charge in [0.15, 0.2) is 0 Å². The van der Waals surface area contributed by atoms with E-state index in [1.807, 2.05) is 0 Å². The number of hydrogen-bond donors (Lipinski definition) is 0. The first-order valence-electron chi connectivity index (χ1n) is 9.91. The molecule has 2 aliphatic rings. The van der Waals surface area contributed by atoms with Gasteiger partial charge in [0.1, 0.15) is 0 Å². The molecule has 3 aromatic carbocycles. The average Bonchev–Trinajstić information content (AvgIpc) is 3.07. The van der Waals surface area contributed by atoms with E-state index in [-0.39, 0.29) is 5.41 Å². The predicted octanol–water partition coefficient (Wildman–Crippen LogP) is 6.29. The van der Waals surface area contributed by atoms with E-state index in [0.717, 1.165) is 16.0 Å². The summed E-state index contributed by atoms with van der Waals surface area (Å²) in [6.07, 6.45) is 2.19. The Morgan fingerprint density at radius 1 is 0.806 bits per heavy atom. The zero-order chi connectivity index (χ0) is 21.6. The van der Waals surface area contributed by atoms with Gasteiger partial charge in [0.05, 0.1) is 0 Å². The van der Waals surface area contributed by atoms with Crippen molar-refractivity contribution in [3.8, 4) is 5.75 Å². The van der Waals surface area contributed by atoms with Crippen LogP contribution in [0.2, 0.25) is 0 Å². The second kappa shape index (κ2) is 8.23. The second-order valence-corrected chi connectivity index (χ2v) is 13.3. The molecule has 0 unspecified atom stereocenters. The molecule has 0 saturated heterocycles. The molecule has 153 valence electrons. The number of hydrogen-bond acceptors (Lipinski definition) is 2. The van der Waals surface area contributed by atoms with Crippen molar-refractivity contribution in [1.29, 1.82) is 0 Å². The third-order valence-electron chi connectivity index (χ3n) is 5.99. The molecule has 5 heteroatoms. The number of fused-ring (bicyclic) bond motifs is 2. The Labute approximate surface area is 205 Å². The fourth-order valence-corrected chi connectivity index (χ4v) is 9.58. The van der Waals surface area contributed by atoms with E-state index in [2.05, 4.69) is 111 Å². The van der Waals surface area contributed by atoms with Crippen LogP contribution in [-0.4, -0.2) is 32.5 Å². The third-order valence-corrected chi connectivity index (χ3v) is 10.9.